The number of carbonyl (C=O) groups excluding carboxylic acids is 1. The van der Waals surface area contributed by atoms with Gasteiger partial charge in [0.1, 0.15) is 12.4 Å². The Morgan fingerprint density at radius 3 is 2.42 bits per heavy atom. The molecule has 0 N–H and O–H groups in total. The van der Waals surface area contributed by atoms with Gasteiger partial charge in [0.2, 0.25) is 5.91 Å². The van der Waals surface area contributed by atoms with Gasteiger partial charge in [-0.15, -0.1) is 0 Å². The first-order valence-electron chi connectivity index (χ1n) is 10.8. The van der Waals surface area contributed by atoms with Crippen LogP contribution in [0.2, 0.25) is 5.02 Å². The van der Waals surface area contributed by atoms with Crippen LogP contribution in [0.4, 0.5) is 22.0 Å². The van der Waals surface area contributed by atoms with Gasteiger partial charge in [-0.25, -0.2) is 8.78 Å². The first kappa shape index (κ1) is 24.2. The first-order valence-corrected chi connectivity index (χ1v) is 11.2. The van der Waals surface area contributed by atoms with Crippen molar-refractivity contribution in [2.45, 2.75) is 30.4 Å². The molecular weight excluding hydrogens is 507 g/mol. The zero-order valence-corrected chi connectivity index (χ0v) is 19.2. The predicted molar refractivity (Wildman–Crippen MR) is 119 cm³/mol. The number of nitrogens with zero attached hydrogens (tertiary/aromatic N) is 4. The highest BCUT2D eigenvalue weighted by molar-refractivity contribution is 6.30. The molecule has 0 saturated carbocycles. The molecule has 0 spiro atoms. The zero-order valence-electron chi connectivity index (χ0n) is 18.5. The summed E-state index contributed by atoms with van der Waals surface area (Å²) in [6, 6.07) is 10.2. The average Bonchev–Trinajstić information content (AvgIpc) is 3.49. The number of oxime groups is 1. The molecule has 3 aromatic rings. The summed E-state index contributed by atoms with van der Waals surface area (Å²) in [6.45, 7) is -0.278. The monoisotopic (exact) mass is 524 g/mol. The van der Waals surface area contributed by atoms with E-state index < -0.39 is 34.7 Å². The molecule has 2 aliphatic rings. The van der Waals surface area contributed by atoms with E-state index in [-0.39, 0.29) is 36.8 Å². The molecule has 0 radical (unpaired) electrons. The van der Waals surface area contributed by atoms with Crippen LogP contribution in [-0.4, -0.2) is 45.6 Å². The van der Waals surface area contributed by atoms with E-state index in [9.17, 15) is 22.4 Å². The van der Waals surface area contributed by atoms with Crippen molar-refractivity contribution in [3.8, 4) is 0 Å². The lowest BCUT2D eigenvalue weighted by Crippen LogP contribution is -2.59. The van der Waals surface area contributed by atoms with Gasteiger partial charge >= 0.3 is 6.18 Å². The third kappa shape index (κ3) is 4.11. The molecule has 2 aromatic carbocycles. The van der Waals surface area contributed by atoms with Crippen LogP contribution in [0.1, 0.15) is 23.1 Å². The Balaban J connectivity index is 1.29. The molecule has 1 unspecified atom stereocenters. The molecule has 0 bridgehead atoms. The minimum atomic E-state index is -4.87. The standard InChI is InChI=1S/C24H18ClF5N4O2/c25-18-10-17(6-7-19(18)26)23(24(28,29)30)11-20(32-36-23)15-2-4-16(5-3-15)22(27)13-33(14-22)21(35)12-34-9-1-8-31-34/h1-10H,11-14H2. The van der Waals surface area contributed by atoms with Gasteiger partial charge in [-0.05, 0) is 29.3 Å². The summed E-state index contributed by atoms with van der Waals surface area (Å²) in [5.41, 5.74) is -4.38. The summed E-state index contributed by atoms with van der Waals surface area (Å²) in [5.74, 6) is -1.13. The van der Waals surface area contributed by atoms with E-state index in [1.54, 1.807) is 12.3 Å². The summed E-state index contributed by atoms with van der Waals surface area (Å²) >= 11 is 5.70. The van der Waals surface area contributed by atoms with E-state index in [4.69, 9.17) is 16.4 Å². The summed E-state index contributed by atoms with van der Waals surface area (Å²) in [6.07, 6.45) is -2.38. The van der Waals surface area contributed by atoms with Gasteiger partial charge in [-0.1, -0.05) is 47.1 Å². The number of hydrogen-bond donors (Lipinski definition) is 0. The summed E-state index contributed by atoms with van der Waals surface area (Å²) < 4.78 is 72.6. The Hall–Kier alpha value is -3.47. The van der Waals surface area contributed by atoms with Gasteiger partial charge in [0, 0.05) is 24.4 Å². The van der Waals surface area contributed by atoms with Crippen LogP contribution in [-0.2, 0) is 27.4 Å². The lowest BCUT2D eigenvalue weighted by atomic mass is 9.84. The number of likely N-dealkylation sites (tertiary alicyclic amines) is 1. The lowest BCUT2D eigenvalue weighted by Gasteiger charge is -2.44. The molecule has 1 atom stereocenters. The SMILES string of the molecule is O=C(Cn1cccn1)N1CC(F)(c2ccc(C3=NOC(c4ccc(F)c(Cl)c4)(C(F)(F)F)C3)cc2)C1. The van der Waals surface area contributed by atoms with Crippen molar-refractivity contribution in [2.75, 3.05) is 13.1 Å². The zero-order chi connectivity index (χ0) is 25.7. The normalized spacial score (nSPS) is 21.1. The smallest absolute Gasteiger partial charge is 0.374 e. The molecule has 3 heterocycles. The van der Waals surface area contributed by atoms with Gasteiger partial charge < -0.3 is 9.74 Å². The molecule has 188 valence electrons. The minimum Gasteiger partial charge on any atom is -0.374 e. The second kappa shape index (κ2) is 8.58. The van der Waals surface area contributed by atoms with Gasteiger partial charge in [-0.2, -0.15) is 18.3 Å². The number of aromatic nitrogens is 2. The maximum Gasteiger partial charge on any atom is 0.435 e. The second-order valence-corrected chi connectivity index (χ2v) is 9.16. The highest BCUT2D eigenvalue weighted by Crippen LogP contribution is 2.49. The van der Waals surface area contributed by atoms with Crippen molar-refractivity contribution in [3.63, 3.8) is 0 Å². The van der Waals surface area contributed by atoms with E-state index in [2.05, 4.69) is 10.3 Å². The van der Waals surface area contributed by atoms with Crippen molar-refractivity contribution in [2.24, 2.45) is 5.16 Å². The quantitative estimate of drug-likeness (QED) is 0.443. The first-order chi connectivity index (χ1) is 17.0. The molecular formula is C24H18ClF5N4O2. The molecule has 0 aliphatic carbocycles. The van der Waals surface area contributed by atoms with Gasteiger partial charge in [-0.3, -0.25) is 9.48 Å². The molecule has 2 aliphatic heterocycles. The van der Waals surface area contributed by atoms with E-state index in [1.165, 1.54) is 40.0 Å². The van der Waals surface area contributed by atoms with Crippen LogP contribution in [0.15, 0.2) is 66.1 Å². The maximum atomic E-state index is 15.3. The Kier molecular flexibility index (Phi) is 5.77. The van der Waals surface area contributed by atoms with Crippen LogP contribution >= 0.6 is 11.6 Å². The molecule has 1 aromatic heterocycles. The third-order valence-corrected chi connectivity index (χ3v) is 6.69. The fourth-order valence-corrected chi connectivity index (χ4v) is 4.50. The molecule has 1 saturated heterocycles. The van der Waals surface area contributed by atoms with Gasteiger partial charge in [0.25, 0.3) is 5.60 Å². The van der Waals surface area contributed by atoms with Crippen LogP contribution < -0.4 is 0 Å². The van der Waals surface area contributed by atoms with E-state index in [0.29, 0.717) is 11.1 Å². The van der Waals surface area contributed by atoms with E-state index >= 15 is 4.39 Å². The van der Waals surface area contributed by atoms with Crippen molar-refractivity contribution >= 4 is 23.2 Å². The molecule has 12 heteroatoms. The number of halogens is 6. The number of carbonyl (C=O) groups is 1. The maximum absolute atomic E-state index is 15.3. The number of benzene rings is 2. The van der Waals surface area contributed by atoms with E-state index in [0.717, 1.165) is 18.2 Å². The van der Waals surface area contributed by atoms with Crippen LogP contribution in [0.5, 0.6) is 0 Å². The highest BCUT2D eigenvalue weighted by atomic mass is 35.5. The van der Waals surface area contributed by atoms with Gasteiger partial charge in [0.15, 0.2) is 5.67 Å². The molecule has 1 amide bonds. The number of alkyl halides is 4. The fourth-order valence-electron chi connectivity index (χ4n) is 4.32. The third-order valence-electron chi connectivity index (χ3n) is 6.40. The van der Waals surface area contributed by atoms with Crippen molar-refractivity contribution in [1.82, 2.24) is 14.7 Å². The summed E-state index contributed by atoms with van der Waals surface area (Å²) in [4.78, 5) is 18.6. The number of hydrogen-bond acceptors (Lipinski definition) is 4. The Morgan fingerprint density at radius 1 is 1.11 bits per heavy atom. The fraction of sp³-hybridized carbons (Fsp3) is 0.292. The average molecular weight is 525 g/mol. The summed E-state index contributed by atoms with van der Waals surface area (Å²) in [7, 11) is 0. The van der Waals surface area contributed by atoms with Crippen molar-refractivity contribution < 1.29 is 31.6 Å². The van der Waals surface area contributed by atoms with Crippen LogP contribution in [0, 0.1) is 5.82 Å². The second-order valence-electron chi connectivity index (χ2n) is 8.76. The number of amides is 1. The topological polar surface area (TPSA) is 59.7 Å². The Labute approximate surface area is 206 Å². The van der Waals surface area contributed by atoms with Crippen molar-refractivity contribution in [1.29, 1.82) is 0 Å². The summed E-state index contributed by atoms with van der Waals surface area (Å²) in [5, 5.41) is 7.14. The minimum absolute atomic E-state index is 0.00205. The van der Waals surface area contributed by atoms with E-state index in [1.807, 2.05) is 0 Å². The molecule has 6 nitrogen and oxygen atoms in total. The van der Waals surface area contributed by atoms with Crippen LogP contribution in [0.25, 0.3) is 0 Å². The van der Waals surface area contributed by atoms with Crippen molar-refractivity contribution in [3.05, 3.63) is 88.5 Å². The lowest BCUT2D eigenvalue weighted by molar-refractivity contribution is -0.275. The van der Waals surface area contributed by atoms with Gasteiger partial charge in [0.05, 0.1) is 23.8 Å². The molecule has 5 rings (SSSR count). The van der Waals surface area contributed by atoms with Crippen LogP contribution in [0.3, 0.4) is 0 Å². The highest BCUT2D eigenvalue weighted by Gasteiger charge is 2.62. The predicted octanol–water partition coefficient (Wildman–Crippen LogP) is 4.97. The Morgan fingerprint density at radius 2 is 1.81 bits per heavy atom. The number of rotatable bonds is 5. The molecule has 1 fully saturated rings. The Bertz CT molecular complexity index is 1320. The molecule has 36 heavy (non-hydrogen) atoms. The largest absolute Gasteiger partial charge is 0.435 e.